The molecule has 0 atom stereocenters. The van der Waals surface area contributed by atoms with Crippen molar-refractivity contribution in [1.29, 1.82) is 0 Å². The maximum absolute atomic E-state index is 6.12. The third kappa shape index (κ3) is 1.61. The first kappa shape index (κ1) is 10.7. The molecule has 0 aliphatic rings. The molecule has 0 unspecified atom stereocenters. The summed E-state index contributed by atoms with van der Waals surface area (Å²) >= 11 is 0. The standard InChI is InChI=1S/C15H13NO2/c1-17-11-8-6-10(7-9-11)15-14(16)12-4-2-3-5-13(12)18-15/h2-9H,16H2,1H3. The van der Waals surface area contributed by atoms with E-state index in [1.807, 2.05) is 48.5 Å². The zero-order chi connectivity index (χ0) is 12.5. The molecule has 1 aromatic heterocycles. The summed E-state index contributed by atoms with van der Waals surface area (Å²) in [5, 5.41) is 0.948. The predicted octanol–water partition coefficient (Wildman–Crippen LogP) is 3.69. The van der Waals surface area contributed by atoms with Crippen LogP contribution in [0.2, 0.25) is 0 Å². The molecule has 0 aliphatic carbocycles. The molecule has 18 heavy (non-hydrogen) atoms. The SMILES string of the molecule is COc1ccc(-c2oc3ccccc3c2N)cc1. The van der Waals surface area contributed by atoms with E-state index in [4.69, 9.17) is 14.9 Å². The van der Waals surface area contributed by atoms with E-state index in [2.05, 4.69) is 0 Å². The largest absolute Gasteiger partial charge is 0.497 e. The number of anilines is 1. The molecule has 0 spiro atoms. The van der Waals surface area contributed by atoms with E-state index in [9.17, 15) is 0 Å². The van der Waals surface area contributed by atoms with Crippen molar-refractivity contribution >= 4 is 16.7 Å². The van der Waals surface area contributed by atoms with Crippen LogP contribution in [0.4, 0.5) is 5.69 Å². The van der Waals surface area contributed by atoms with Crippen molar-refractivity contribution in [3.05, 3.63) is 48.5 Å². The first-order valence-corrected chi connectivity index (χ1v) is 5.71. The van der Waals surface area contributed by atoms with Crippen molar-refractivity contribution < 1.29 is 9.15 Å². The maximum Gasteiger partial charge on any atom is 0.158 e. The molecule has 3 aromatic rings. The van der Waals surface area contributed by atoms with E-state index in [1.54, 1.807) is 7.11 Å². The first-order valence-electron chi connectivity index (χ1n) is 5.71. The van der Waals surface area contributed by atoms with Gasteiger partial charge in [-0.2, -0.15) is 0 Å². The number of rotatable bonds is 2. The number of hydrogen-bond acceptors (Lipinski definition) is 3. The van der Waals surface area contributed by atoms with Gasteiger partial charge in [-0.25, -0.2) is 0 Å². The average Bonchev–Trinajstić information content (AvgIpc) is 2.77. The molecular weight excluding hydrogens is 226 g/mol. The van der Waals surface area contributed by atoms with Crippen LogP contribution in [0.5, 0.6) is 5.75 Å². The van der Waals surface area contributed by atoms with Crippen molar-refractivity contribution in [2.45, 2.75) is 0 Å². The highest BCUT2D eigenvalue weighted by molar-refractivity contribution is 5.97. The van der Waals surface area contributed by atoms with Crippen LogP contribution >= 0.6 is 0 Å². The lowest BCUT2D eigenvalue weighted by atomic mass is 10.1. The fraction of sp³-hybridized carbons (Fsp3) is 0.0667. The van der Waals surface area contributed by atoms with Crippen LogP contribution in [-0.4, -0.2) is 7.11 Å². The van der Waals surface area contributed by atoms with E-state index in [0.717, 1.165) is 22.3 Å². The van der Waals surface area contributed by atoms with E-state index in [0.29, 0.717) is 11.4 Å². The van der Waals surface area contributed by atoms with E-state index < -0.39 is 0 Å². The molecule has 3 nitrogen and oxygen atoms in total. The number of ether oxygens (including phenoxy) is 1. The van der Waals surface area contributed by atoms with Gasteiger partial charge in [0.2, 0.25) is 0 Å². The minimum absolute atomic E-state index is 0.677. The van der Waals surface area contributed by atoms with Gasteiger partial charge in [0.1, 0.15) is 11.3 Å². The highest BCUT2D eigenvalue weighted by atomic mass is 16.5. The zero-order valence-corrected chi connectivity index (χ0v) is 10.0. The molecule has 0 saturated carbocycles. The molecule has 0 saturated heterocycles. The zero-order valence-electron chi connectivity index (χ0n) is 10.0. The van der Waals surface area contributed by atoms with Gasteiger partial charge >= 0.3 is 0 Å². The fourth-order valence-corrected chi connectivity index (χ4v) is 2.02. The number of fused-ring (bicyclic) bond motifs is 1. The summed E-state index contributed by atoms with van der Waals surface area (Å²) < 4.78 is 10.9. The molecule has 2 N–H and O–H groups in total. The smallest absolute Gasteiger partial charge is 0.158 e. The van der Waals surface area contributed by atoms with Crippen molar-refractivity contribution in [3.63, 3.8) is 0 Å². The number of nitrogens with two attached hydrogens (primary N) is 1. The van der Waals surface area contributed by atoms with Crippen LogP contribution in [0.25, 0.3) is 22.3 Å². The quantitative estimate of drug-likeness (QED) is 0.741. The number of hydrogen-bond donors (Lipinski definition) is 1. The fourth-order valence-electron chi connectivity index (χ4n) is 2.02. The third-order valence-corrected chi connectivity index (χ3v) is 2.99. The Kier molecular flexibility index (Phi) is 2.45. The van der Waals surface area contributed by atoms with Gasteiger partial charge < -0.3 is 14.9 Å². The van der Waals surface area contributed by atoms with Gasteiger partial charge in [0.05, 0.1) is 12.8 Å². The second kappa shape index (κ2) is 4.11. The summed E-state index contributed by atoms with van der Waals surface area (Å²) in [5.41, 5.74) is 8.55. The second-order valence-electron chi connectivity index (χ2n) is 4.07. The van der Waals surface area contributed by atoms with Gasteiger partial charge in [-0.15, -0.1) is 0 Å². The summed E-state index contributed by atoms with van der Waals surface area (Å²) in [6, 6.07) is 15.4. The summed E-state index contributed by atoms with van der Waals surface area (Å²) in [6.45, 7) is 0. The lowest BCUT2D eigenvalue weighted by Crippen LogP contribution is -1.86. The van der Waals surface area contributed by atoms with Gasteiger partial charge in [-0.3, -0.25) is 0 Å². The summed E-state index contributed by atoms with van der Waals surface area (Å²) in [4.78, 5) is 0. The van der Waals surface area contributed by atoms with Crippen LogP contribution in [0.1, 0.15) is 0 Å². The van der Waals surface area contributed by atoms with Crippen LogP contribution < -0.4 is 10.5 Å². The summed E-state index contributed by atoms with van der Waals surface area (Å²) in [6.07, 6.45) is 0. The van der Waals surface area contributed by atoms with E-state index >= 15 is 0 Å². The first-order chi connectivity index (χ1) is 8.79. The normalized spacial score (nSPS) is 10.7. The lowest BCUT2D eigenvalue weighted by Gasteiger charge is -2.01. The number of methoxy groups -OCH3 is 1. The minimum Gasteiger partial charge on any atom is -0.497 e. The highest BCUT2D eigenvalue weighted by Crippen LogP contribution is 2.36. The number of benzene rings is 2. The second-order valence-corrected chi connectivity index (χ2v) is 4.07. The molecule has 2 aromatic carbocycles. The Morgan fingerprint density at radius 3 is 2.39 bits per heavy atom. The Bertz CT molecular complexity index is 683. The lowest BCUT2D eigenvalue weighted by molar-refractivity contribution is 0.415. The Hall–Kier alpha value is -2.42. The molecule has 0 fully saturated rings. The van der Waals surface area contributed by atoms with Gasteiger partial charge in [0.25, 0.3) is 0 Å². The molecule has 3 rings (SSSR count). The Balaban J connectivity index is 2.15. The Morgan fingerprint density at radius 1 is 1.00 bits per heavy atom. The monoisotopic (exact) mass is 239 g/mol. The van der Waals surface area contributed by atoms with Crippen LogP contribution in [0.3, 0.4) is 0 Å². The van der Waals surface area contributed by atoms with Crippen LogP contribution in [0, 0.1) is 0 Å². The highest BCUT2D eigenvalue weighted by Gasteiger charge is 2.12. The van der Waals surface area contributed by atoms with E-state index in [-0.39, 0.29) is 0 Å². The minimum atomic E-state index is 0.677. The topological polar surface area (TPSA) is 48.4 Å². The predicted molar refractivity (Wildman–Crippen MR) is 72.6 cm³/mol. The molecule has 1 heterocycles. The molecular formula is C15H13NO2. The number of furan rings is 1. The molecule has 0 bridgehead atoms. The third-order valence-electron chi connectivity index (χ3n) is 2.99. The molecule has 0 amide bonds. The van der Waals surface area contributed by atoms with Gasteiger partial charge in [-0.1, -0.05) is 12.1 Å². The van der Waals surface area contributed by atoms with Crippen molar-refractivity contribution in [3.8, 4) is 17.1 Å². The van der Waals surface area contributed by atoms with Crippen molar-refractivity contribution in [2.24, 2.45) is 0 Å². The Morgan fingerprint density at radius 2 is 1.72 bits per heavy atom. The van der Waals surface area contributed by atoms with Crippen molar-refractivity contribution in [1.82, 2.24) is 0 Å². The van der Waals surface area contributed by atoms with Crippen molar-refractivity contribution in [2.75, 3.05) is 12.8 Å². The maximum atomic E-state index is 6.12. The number of para-hydroxylation sites is 1. The van der Waals surface area contributed by atoms with Gasteiger partial charge in [0, 0.05) is 10.9 Å². The van der Waals surface area contributed by atoms with Gasteiger partial charge in [-0.05, 0) is 36.4 Å². The van der Waals surface area contributed by atoms with Crippen LogP contribution in [0.15, 0.2) is 52.9 Å². The van der Waals surface area contributed by atoms with Gasteiger partial charge in [0.15, 0.2) is 5.76 Å². The summed E-state index contributed by atoms with van der Waals surface area (Å²) in [7, 11) is 1.64. The molecule has 0 radical (unpaired) electrons. The van der Waals surface area contributed by atoms with E-state index in [1.165, 1.54) is 0 Å². The molecule has 90 valence electrons. The summed E-state index contributed by atoms with van der Waals surface area (Å²) in [5.74, 6) is 1.52. The number of nitrogen functional groups attached to an aromatic ring is 1. The molecule has 3 heteroatoms. The Labute approximate surface area is 105 Å². The van der Waals surface area contributed by atoms with Crippen LogP contribution in [-0.2, 0) is 0 Å². The molecule has 0 aliphatic heterocycles. The average molecular weight is 239 g/mol.